The van der Waals surface area contributed by atoms with Crippen molar-refractivity contribution in [1.82, 2.24) is 4.98 Å². The molecule has 0 fully saturated rings. The van der Waals surface area contributed by atoms with E-state index >= 15 is 0 Å². The van der Waals surface area contributed by atoms with Crippen LogP contribution < -0.4 is 5.43 Å². The molecule has 0 amide bonds. The van der Waals surface area contributed by atoms with Gasteiger partial charge in [-0.05, 0) is 41.9 Å². The molecule has 1 N–H and O–H groups in total. The van der Waals surface area contributed by atoms with Gasteiger partial charge in [0.25, 0.3) is 0 Å². The van der Waals surface area contributed by atoms with Gasteiger partial charge in [-0.25, -0.2) is 0 Å². The minimum atomic E-state index is -0.0760. The third-order valence-electron chi connectivity index (χ3n) is 2.71. The van der Waals surface area contributed by atoms with Gasteiger partial charge in [-0.2, -0.15) is 0 Å². The number of hydrogen-bond donors (Lipinski definition) is 1. The fourth-order valence-electron chi connectivity index (χ4n) is 1.87. The topological polar surface area (TPSA) is 32.9 Å². The summed E-state index contributed by atoms with van der Waals surface area (Å²) in [4.78, 5) is 15.4. The van der Waals surface area contributed by atoms with Crippen molar-refractivity contribution in [3.63, 3.8) is 0 Å². The highest BCUT2D eigenvalue weighted by Crippen LogP contribution is 2.30. The lowest BCUT2D eigenvalue weighted by Crippen LogP contribution is -2.12. The number of nitrogens with one attached hydrogen (secondary N) is 1. The molecule has 5 heteroatoms. The van der Waals surface area contributed by atoms with Crippen molar-refractivity contribution in [3.05, 3.63) is 54.3 Å². The lowest BCUT2D eigenvalue weighted by molar-refractivity contribution is 1.10. The Morgan fingerprint density at radius 1 is 1.17 bits per heavy atom. The van der Waals surface area contributed by atoms with Crippen LogP contribution in [0.1, 0.15) is 11.4 Å². The van der Waals surface area contributed by atoms with E-state index in [0.29, 0.717) is 25.6 Å². The van der Waals surface area contributed by atoms with Crippen molar-refractivity contribution in [2.45, 2.75) is 13.8 Å². The van der Waals surface area contributed by atoms with Gasteiger partial charge < -0.3 is 4.98 Å². The average Bonchev–Trinajstić information content (AvgIpc) is 2.29. The van der Waals surface area contributed by atoms with Crippen LogP contribution in [-0.4, -0.2) is 4.98 Å². The first-order valence-corrected chi connectivity index (χ1v) is 6.81. The average molecular weight is 347 g/mol. The Morgan fingerprint density at radius 2 is 1.83 bits per heavy atom. The van der Waals surface area contributed by atoms with E-state index in [1.807, 2.05) is 13.8 Å². The molecule has 2 aromatic rings. The van der Waals surface area contributed by atoms with Gasteiger partial charge in [0.05, 0.1) is 15.1 Å². The summed E-state index contributed by atoms with van der Waals surface area (Å²) in [7, 11) is 0. The summed E-state index contributed by atoms with van der Waals surface area (Å²) in [5, 5.41) is 1.01. The highest BCUT2D eigenvalue weighted by Gasteiger charge is 2.15. The number of pyridine rings is 1. The molecule has 1 aromatic carbocycles. The molecule has 0 atom stereocenters. The fraction of sp³-hybridized carbons (Fsp3) is 0.154. The second-order valence-corrected chi connectivity index (χ2v) is 5.65. The lowest BCUT2D eigenvalue weighted by Gasteiger charge is -2.10. The molecule has 0 unspecified atom stereocenters. The molecule has 1 aromatic heterocycles. The quantitative estimate of drug-likeness (QED) is 0.795. The zero-order valence-electron chi connectivity index (χ0n) is 9.77. The van der Waals surface area contributed by atoms with Crippen molar-refractivity contribution in [2.24, 2.45) is 0 Å². The predicted molar refractivity (Wildman–Crippen MR) is 79.7 cm³/mol. The van der Waals surface area contributed by atoms with E-state index in [4.69, 9.17) is 23.2 Å². The van der Waals surface area contributed by atoms with E-state index in [1.54, 1.807) is 18.2 Å². The van der Waals surface area contributed by atoms with Gasteiger partial charge in [0.1, 0.15) is 0 Å². The van der Waals surface area contributed by atoms with Gasteiger partial charge in [0.15, 0.2) is 0 Å². The number of hydrogen-bond acceptors (Lipinski definition) is 1. The number of aryl methyl sites for hydroxylation is 2. The summed E-state index contributed by atoms with van der Waals surface area (Å²) in [6.45, 7) is 3.69. The second-order valence-electron chi connectivity index (χ2n) is 4.02. The third kappa shape index (κ3) is 2.35. The van der Waals surface area contributed by atoms with Crippen LogP contribution in [-0.2, 0) is 0 Å². The predicted octanol–water partition coefficient (Wildman–Crippen LogP) is 4.73. The molecule has 0 saturated heterocycles. The molecule has 0 bridgehead atoms. The third-order valence-corrected chi connectivity index (χ3v) is 4.21. The van der Waals surface area contributed by atoms with Gasteiger partial charge in [0, 0.05) is 22.0 Å². The van der Waals surface area contributed by atoms with E-state index in [0.717, 1.165) is 11.4 Å². The highest BCUT2D eigenvalue weighted by molar-refractivity contribution is 9.10. The molecule has 18 heavy (non-hydrogen) atoms. The Labute approximate surface area is 123 Å². The summed E-state index contributed by atoms with van der Waals surface area (Å²) in [5.41, 5.74) is 2.75. The van der Waals surface area contributed by atoms with E-state index in [1.165, 1.54) is 0 Å². The zero-order chi connectivity index (χ0) is 13.4. The molecule has 2 nitrogen and oxygen atoms in total. The number of aromatic amines is 1. The summed E-state index contributed by atoms with van der Waals surface area (Å²) in [6, 6.07) is 5.10. The van der Waals surface area contributed by atoms with Crippen LogP contribution in [0.4, 0.5) is 0 Å². The summed E-state index contributed by atoms with van der Waals surface area (Å²) in [5.74, 6) is 0. The maximum absolute atomic E-state index is 12.3. The van der Waals surface area contributed by atoms with E-state index in [2.05, 4.69) is 20.9 Å². The van der Waals surface area contributed by atoms with Gasteiger partial charge >= 0.3 is 0 Å². The number of aromatic nitrogens is 1. The summed E-state index contributed by atoms with van der Waals surface area (Å²) >= 11 is 15.3. The Hall–Kier alpha value is -0.770. The van der Waals surface area contributed by atoms with Gasteiger partial charge in [-0.15, -0.1) is 0 Å². The Bertz CT molecular complexity index is 679. The maximum atomic E-state index is 12.3. The Morgan fingerprint density at radius 3 is 2.44 bits per heavy atom. The molecule has 0 aliphatic rings. The summed E-state index contributed by atoms with van der Waals surface area (Å²) < 4.78 is 0.522. The molecule has 0 spiro atoms. The minimum Gasteiger partial charge on any atom is -0.361 e. The Kier molecular flexibility index (Phi) is 3.85. The van der Waals surface area contributed by atoms with Gasteiger partial charge in [-0.1, -0.05) is 29.3 Å². The number of rotatable bonds is 1. The van der Waals surface area contributed by atoms with Crippen molar-refractivity contribution in [1.29, 1.82) is 0 Å². The van der Waals surface area contributed by atoms with E-state index in [9.17, 15) is 4.79 Å². The smallest absolute Gasteiger partial charge is 0.204 e. The zero-order valence-corrected chi connectivity index (χ0v) is 12.9. The molecule has 0 aliphatic carbocycles. The molecule has 2 rings (SSSR count). The van der Waals surface area contributed by atoms with Gasteiger partial charge in [0.2, 0.25) is 5.43 Å². The number of halogens is 3. The van der Waals surface area contributed by atoms with Crippen LogP contribution in [0.15, 0.2) is 27.5 Å². The molecule has 0 aliphatic heterocycles. The first kappa shape index (κ1) is 13.7. The maximum Gasteiger partial charge on any atom is 0.204 e. The standard InChI is InChI=1S/C13H10BrCl2NO/c1-6-11(13(18)12(14)7(2)17-6)9-4-3-8(15)5-10(9)16/h3-5H,1-2H3,(H,17,18). The highest BCUT2D eigenvalue weighted by atomic mass is 79.9. The molecule has 1 heterocycles. The minimum absolute atomic E-state index is 0.0760. The SMILES string of the molecule is Cc1[nH]c(C)c(-c2ccc(Cl)cc2Cl)c(=O)c1Br. The van der Waals surface area contributed by atoms with Crippen LogP contribution in [0.2, 0.25) is 10.0 Å². The largest absolute Gasteiger partial charge is 0.361 e. The molecular weight excluding hydrogens is 337 g/mol. The molecular formula is C13H10BrCl2NO. The van der Waals surface area contributed by atoms with Crippen molar-refractivity contribution >= 4 is 39.1 Å². The first-order chi connectivity index (χ1) is 8.41. The van der Waals surface area contributed by atoms with E-state index in [-0.39, 0.29) is 5.43 Å². The second kappa shape index (κ2) is 5.08. The molecule has 94 valence electrons. The molecule has 0 saturated carbocycles. The van der Waals surface area contributed by atoms with Crippen LogP contribution in [0.5, 0.6) is 0 Å². The number of H-pyrrole nitrogens is 1. The van der Waals surface area contributed by atoms with Gasteiger partial charge in [-0.3, -0.25) is 4.79 Å². The fourth-order valence-corrected chi connectivity index (χ4v) is 2.67. The van der Waals surface area contributed by atoms with Crippen molar-refractivity contribution in [3.8, 4) is 11.1 Å². The van der Waals surface area contributed by atoms with Crippen LogP contribution in [0.25, 0.3) is 11.1 Å². The lowest BCUT2D eigenvalue weighted by atomic mass is 10.0. The van der Waals surface area contributed by atoms with Crippen molar-refractivity contribution < 1.29 is 0 Å². The van der Waals surface area contributed by atoms with Crippen LogP contribution >= 0.6 is 39.1 Å². The van der Waals surface area contributed by atoms with Crippen molar-refractivity contribution in [2.75, 3.05) is 0 Å². The normalized spacial score (nSPS) is 10.7. The monoisotopic (exact) mass is 345 g/mol. The first-order valence-electron chi connectivity index (χ1n) is 5.26. The Balaban J connectivity index is 2.80. The molecule has 0 radical (unpaired) electrons. The van der Waals surface area contributed by atoms with Crippen LogP contribution in [0.3, 0.4) is 0 Å². The van der Waals surface area contributed by atoms with Crippen LogP contribution in [0, 0.1) is 13.8 Å². The number of benzene rings is 1. The van der Waals surface area contributed by atoms with E-state index < -0.39 is 0 Å². The summed E-state index contributed by atoms with van der Waals surface area (Å²) in [6.07, 6.45) is 0.